The van der Waals surface area contributed by atoms with Crippen molar-refractivity contribution in [3.8, 4) is 0 Å². The Balaban J connectivity index is 1.44. The maximum Gasteiger partial charge on any atom is 0.248 e. The summed E-state index contributed by atoms with van der Waals surface area (Å²) in [5.74, 6) is 1.98. The molecule has 3 atom stereocenters. The monoisotopic (exact) mass is 336 g/mol. The molecule has 0 unspecified atom stereocenters. The van der Waals surface area contributed by atoms with Gasteiger partial charge in [-0.1, -0.05) is 0 Å². The molecule has 2 aliphatic rings. The minimum Gasteiger partial charge on any atom is -0.465 e. The lowest BCUT2D eigenvalue weighted by atomic mass is 9.99. The summed E-state index contributed by atoms with van der Waals surface area (Å²) >= 11 is 0. The summed E-state index contributed by atoms with van der Waals surface area (Å²) in [7, 11) is 3.47. The molecule has 134 valence electrons. The number of amides is 1. The van der Waals surface area contributed by atoms with Gasteiger partial charge in [0.25, 0.3) is 0 Å². The second-order valence-electron chi connectivity index (χ2n) is 7.02. The van der Waals surface area contributed by atoms with Crippen LogP contribution in [0.5, 0.6) is 0 Å². The summed E-state index contributed by atoms with van der Waals surface area (Å²) < 4.78 is 17.4. The number of carbonyl (C=O) groups excluding carboxylic acids is 1. The summed E-state index contributed by atoms with van der Waals surface area (Å²) in [6, 6.07) is 4.54. The highest BCUT2D eigenvalue weighted by Gasteiger charge is 2.40. The van der Waals surface area contributed by atoms with Crippen LogP contribution in [0.4, 0.5) is 0 Å². The standard InChI is InChI=1S/C18H28N2O4/c1-13-4-5-14(23-13)10-20-9-8-17-16(20)7-6-15(24-17)11-22-12-18(21)19(2)3/h4-5,15-17H,6-12H2,1-3H3/t15-,16-,17-/m1/s1. The number of rotatable bonds is 6. The van der Waals surface area contributed by atoms with Gasteiger partial charge in [-0.15, -0.1) is 0 Å². The second-order valence-corrected chi connectivity index (χ2v) is 7.02. The molecule has 1 aromatic heterocycles. The average Bonchev–Trinajstić information content (AvgIpc) is 3.14. The summed E-state index contributed by atoms with van der Waals surface area (Å²) in [5, 5.41) is 0. The molecule has 2 aliphatic heterocycles. The molecule has 2 saturated heterocycles. The number of hydrogen-bond acceptors (Lipinski definition) is 5. The van der Waals surface area contributed by atoms with E-state index in [2.05, 4.69) is 11.0 Å². The van der Waals surface area contributed by atoms with Crippen molar-refractivity contribution < 1.29 is 18.7 Å². The number of fused-ring (bicyclic) bond motifs is 1. The third kappa shape index (κ3) is 4.18. The zero-order valence-corrected chi connectivity index (χ0v) is 14.9. The lowest BCUT2D eigenvalue weighted by molar-refractivity contribution is -0.138. The number of aryl methyl sites for hydroxylation is 1. The van der Waals surface area contributed by atoms with Gasteiger partial charge in [0.1, 0.15) is 18.1 Å². The Morgan fingerprint density at radius 3 is 2.88 bits per heavy atom. The van der Waals surface area contributed by atoms with E-state index < -0.39 is 0 Å². The van der Waals surface area contributed by atoms with E-state index in [1.54, 1.807) is 19.0 Å². The lowest BCUT2D eigenvalue weighted by Crippen LogP contribution is -2.43. The molecular formula is C18H28N2O4. The zero-order valence-electron chi connectivity index (χ0n) is 14.9. The average molecular weight is 336 g/mol. The molecule has 6 nitrogen and oxygen atoms in total. The van der Waals surface area contributed by atoms with E-state index in [4.69, 9.17) is 13.9 Å². The Morgan fingerprint density at radius 2 is 2.17 bits per heavy atom. The molecule has 1 aromatic rings. The predicted molar refractivity (Wildman–Crippen MR) is 89.7 cm³/mol. The minimum atomic E-state index is -0.00975. The van der Waals surface area contributed by atoms with Gasteiger partial charge in [-0.2, -0.15) is 0 Å². The van der Waals surface area contributed by atoms with Crippen molar-refractivity contribution in [3.05, 3.63) is 23.7 Å². The van der Waals surface area contributed by atoms with Gasteiger partial charge in [-0.3, -0.25) is 9.69 Å². The van der Waals surface area contributed by atoms with E-state index in [1.165, 1.54) is 0 Å². The van der Waals surface area contributed by atoms with Crippen LogP contribution >= 0.6 is 0 Å². The molecule has 0 aromatic carbocycles. The lowest BCUT2D eigenvalue weighted by Gasteiger charge is -2.35. The van der Waals surface area contributed by atoms with Gasteiger partial charge in [-0.25, -0.2) is 0 Å². The number of nitrogens with zero attached hydrogens (tertiary/aromatic N) is 2. The Bertz CT molecular complexity index is 557. The second kappa shape index (κ2) is 7.68. The van der Waals surface area contributed by atoms with Crippen LogP contribution in [0.25, 0.3) is 0 Å². The molecule has 0 saturated carbocycles. The molecular weight excluding hydrogens is 308 g/mol. The zero-order chi connectivity index (χ0) is 17.1. The van der Waals surface area contributed by atoms with E-state index in [9.17, 15) is 4.79 Å². The molecule has 24 heavy (non-hydrogen) atoms. The smallest absolute Gasteiger partial charge is 0.248 e. The van der Waals surface area contributed by atoms with Crippen molar-refractivity contribution in [1.29, 1.82) is 0 Å². The van der Waals surface area contributed by atoms with Gasteiger partial charge >= 0.3 is 0 Å². The third-order valence-electron chi connectivity index (χ3n) is 4.93. The van der Waals surface area contributed by atoms with Crippen LogP contribution in [0.1, 0.15) is 30.8 Å². The number of likely N-dealkylation sites (tertiary alicyclic amines) is 1. The van der Waals surface area contributed by atoms with Crippen LogP contribution in [0.15, 0.2) is 16.5 Å². The van der Waals surface area contributed by atoms with Crippen molar-refractivity contribution >= 4 is 5.91 Å². The van der Waals surface area contributed by atoms with Gasteiger partial charge in [0, 0.05) is 26.7 Å². The normalized spacial score (nSPS) is 27.2. The molecule has 2 fully saturated rings. The highest BCUT2D eigenvalue weighted by Crippen LogP contribution is 2.32. The van der Waals surface area contributed by atoms with Crippen LogP contribution in [0.2, 0.25) is 0 Å². The van der Waals surface area contributed by atoms with Crippen molar-refractivity contribution in [2.75, 3.05) is 33.9 Å². The fraction of sp³-hybridized carbons (Fsp3) is 0.722. The number of furan rings is 1. The van der Waals surface area contributed by atoms with Crippen LogP contribution in [0, 0.1) is 6.92 Å². The first-order chi connectivity index (χ1) is 11.5. The largest absolute Gasteiger partial charge is 0.465 e. The Hall–Kier alpha value is -1.37. The van der Waals surface area contributed by atoms with Gasteiger partial charge in [0.05, 0.1) is 25.4 Å². The Morgan fingerprint density at radius 1 is 1.33 bits per heavy atom. The molecule has 0 aliphatic carbocycles. The van der Waals surface area contributed by atoms with Crippen LogP contribution in [-0.4, -0.2) is 67.8 Å². The fourth-order valence-corrected chi connectivity index (χ4v) is 3.58. The van der Waals surface area contributed by atoms with E-state index in [-0.39, 0.29) is 24.7 Å². The molecule has 1 amide bonds. The third-order valence-corrected chi connectivity index (χ3v) is 4.93. The molecule has 0 spiro atoms. The first-order valence-electron chi connectivity index (χ1n) is 8.75. The van der Waals surface area contributed by atoms with Crippen LogP contribution in [0.3, 0.4) is 0 Å². The summed E-state index contributed by atoms with van der Waals surface area (Å²) in [6.45, 7) is 4.51. The first kappa shape index (κ1) is 17.5. The first-order valence-corrected chi connectivity index (χ1v) is 8.75. The van der Waals surface area contributed by atoms with Crippen molar-refractivity contribution in [1.82, 2.24) is 9.80 Å². The maximum absolute atomic E-state index is 11.5. The molecule has 3 heterocycles. The number of hydrogen-bond donors (Lipinski definition) is 0. The topological polar surface area (TPSA) is 55.2 Å². The van der Waals surface area contributed by atoms with E-state index in [1.807, 2.05) is 13.0 Å². The fourth-order valence-electron chi connectivity index (χ4n) is 3.58. The maximum atomic E-state index is 11.5. The van der Waals surface area contributed by atoms with Gasteiger partial charge < -0.3 is 18.8 Å². The van der Waals surface area contributed by atoms with Gasteiger partial charge in [-0.05, 0) is 38.3 Å². The van der Waals surface area contributed by atoms with Gasteiger partial charge in [0.15, 0.2) is 0 Å². The molecule has 0 radical (unpaired) electrons. The number of ether oxygens (including phenoxy) is 2. The van der Waals surface area contributed by atoms with Crippen LogP contribution < -0.4 is 0 Å². The molecule has 0 bridgehead atoms. The van der Waals surface area contributed by atoms with E-state index in [0.29, 0.717) is 12.6 Å². The van der Waals surface area contributed by atoms with E-state index >= 15 is 0 Å². The highest BCUT2D eigenvalue weighted by atomic mass is 16.5. The van der Waals surface area contributed by atoms with Crippen molar-refractivity contribution in [2.45, 2.75) is 51.0 Å². The molecule has 3 rings (SSSR count). The van der Waals surface area contributed by atoms with Crippen LogP contribution in [-0.2, 0) is 20.8 Å². The summed E-state index contributed by atoms with van der Waals surface area (Å²) in [4.78, 5) is 15.5. The highest BCUT2D eigenvalue weighted by molar-refractivity contribution is 5.76. The number of carbonyl (C=O) groups is 1. The summed E-state index contributed by atoms with van der Waals surface area (Å²) in [5.41, 5.74) is 0. The van der Waals surface area contributed by atoms with Crippen molar-refractivity contribution in [2.24, 2.45) is 0 Å². The summed E-state index contributed by atoms with van der Waals surface area (Å²) in [6.07, 6.45) is 3.52. The van der Waals surface area contributed by atoms with E-state index in [0.717, 1.165) is 43.9 Å². The molecule has 0 N–H and O–H groups in total. The molecule has 6 heteroatoms. The minimum absolute atomic E-state index is 0.00975. The Labute approximate surface area is 143 Å². The number of likely N-dealkylation sites (N-methyl/N-ethyl adjacent to an activating group) is 1. The predicted octanol–water partition coefficient (Wildman–Crippen LogP) is 1.81. The Kier molecular flexibility index (Phi) is 5.58. The van der Waals surface area contributed by atoms with Gasteiger partial charge in [0.2, 0.25) is 5.91 Å². The van der Waals surface area contributed by atoms with Crippen molar-refractivity contribution in [3.63, 3.8) is 0 Å². The SMILES string of the molecule is Cc1ccc(CN2CC[C@H]3O[C@@H](COCC(=O)N(C)C)CC[C@H]32)o1. The quantitative estimate of drug-likeness (QED) is 0.793.